The maximum Gasteiger partial charge on any atom is 0.416 e. The summed E-state index contributed by atoms with van der Waals surface area (Å²) in [4.78, 5) is 0. The third-order valence-electron chi connectivity index (χ3n) is 2.44. The Morgan fingerprint density at radius 1 is 1.29 bits per heavy atom. The quantitative estimate of drug-likeness (QED) is 0.880. The normalized spacial score (nSPS) is 13.8. The second-order valence-electron chi connectivity index (χ2n) is 3.77. The first kappa shape index (κ1) is 14.3. The molecule has 0 aliphatic rings. The highest BCUT2D eigenvalue weighted by atomic mass is 35.5. The SMILES string of the molecule is NCCC[C@@H](N)c1cc(C(F)(F)F)ccc1Cl. The minimum Gasteiger partial charge on any atom is -0.330 e. The van der Waals surface area contributed by atoms with Crippen molar-refractivity contribution in [1.82, 2.24) is 0 Å². The molecule has 0 aromatic heterocycles. The number of hydrogen-bond donors (Lipinski definition) is 2. The predicted molar refractivity (Wildman–Crippen MR) is 61.7 cm³/mol. The van der Waals surface area contributed by atoms with E-state index in [0.717, 1.165) is 12.1 Å². The Labute approximate surface area is 103 Å². The third-order valence-corrected chi connectivity index (χ3v) is 2.79. The van der Waals surface area contributed by atoms with E-state index in [-0.39, 0.29) is 5.02 Å². The van der Waals surface area contributed by atoms with Crippen LogP contribution in [-0.2, 0) is 6.18 Å². The highest BCUT2D eigenvalue weighted by molar-refractivity contribution is 6.31. The molecular weight excluding hydrogens is 253 g/mol. The van der Waals surface area contributed by atoms with E-state index in [1.54, 1.807) is 0 Å². The minimum atomic E-state index is -4.38. The summed E-state index contributed by atoms with van der Waals surface area (Å²) in [7, 11) is 0. The summed E-state index contributed by atoms with van der Waals surface area (Å²) in [6, 6.07) is 2.65. The Hall–Kier alpha value is -0.780. The fraction of sp³-hybridized carbons (Fsp3) is 0.455. The van der Waals surface area contributed by atoms with Crippen molar-refractivity contribution < 1.29 is 13.2 Å². The Morgan fingerprint density at radius 3 is 2.47 bits per heavy atom. The molecule has 0 unspecified atom stereocenters. The van der Waals surface area contributed by atoms with Crippen molar-refractivity contribution in [3.8, 4) is 0 Å². The summed E-state index contributed by atoms with van der Waals surface area (Å²) in [5.41, 5.74) is 10.7. The van der Waals surface area contributed by atoms with Crippen LogP contribution in [0.3, 0.4) is 0 Å². The van der Waals surface area contributed by atoms with Crippen LogP contribution in [0.25, 0.3) is 0 Å². The van der Waals surface area contributed by atoms with E-state index in [4.69, 9.17) is 23.1 Å². The molecule has 2 nitrogen and oxygen atoms in total. The van der Waals surface area contributed by atoms with Crippen molar-refractivity contribution >= 4 is 11.6 Å². The lowest BCUT2D eigenvalue weighted by molar-refractivity contribution is -0.137. The summed E-state index contributed by atoms with van der Waals surface area (Å²) < 4.78 is 37.5. The second-order valence-corrected chi connectivity index (χ2v) is 4.18. The standard InChI is InChI=1S/C11H14ClF3N2/c12-9-4-3-7(11(13,14)15)6-8(9)10(17)2-1-5-16/h3-4,6,10H,1-2,5,16-17H2/t10-/m1/s1. The van der Waals surface area contributed by atoms with Gasteiger partial charge < -0.3 is 11.5 Å². The highest BCUT2D eigenvalue weighted by Crippen LogP contribution is 2.34. The Kier molecular flexibility index (Phi) is 4.80. The van der Waals surface area contributed by atoms with Crippen LogP contribution < -0.4 is 11.5 Å². The summed E-state index contributed by atoms with van der Waals surface area (Å²) >= 11 is 5.84. The fourth-order valence-electron chi connectivity index (χ4n) is 1.50. The van der Waals surface area contributed by atoms with Gasteiger partial charge in [0, 0.05) is 11.1 Å². The van der Waals surface area contributed by atoms with Gasteiger partial charge >= 0.3 is 6.18 Å². The van der Waals surface area contributed by atoms with Crippen LogP contribution in [0, 0.1) is 0 Å². The molecule has 1 atom stereocenters. The van der Waals surface area contributed by atoms with Crippen molar-refractivity contribution in [3.63, 3.8) is 0 Å². The molecule has 4 N–H and O–H groups in total. The third kappa shape index (κ3) is 3.87. The molecule has 0 radical (unpaired) electrons. The lowest BCUT2D eigenvalue weighted by atomic mass is 10.0. The van der Waals surface area contributed by atoms with E-state index >= 15 is 0 Å². The molecule has 6 heteroatoms. The van der Waals surface area contributed by atoms with Crippen LogP contribution in [0.2, 0.25) is 5.02 Å². The summed E-state index contributed by atoms with van der Waals surface area (Å²) in [6.45, 7) is 0.449. The molecule has 0 bridgehead atoms. The van der Waals surface area contributed by atoms with Crippen LogP contribution in [0.15, 0.2) is 18.2 Å². The van der Waals surface area contributed by atoms with Gasteiger partial charge in [-0.25, -0.2) is 0 Å². The summed E-state index contributed by atoms with van der Waals surface area (Å²) in [6.07, 6.45) is -3.22. The van der Waals surface area contributed by atoms with E-state index < -0.39 is 17.8 Å². The van der Waals surface area contributed by atoms with Crippen LogP contribution in [0.5, 0.6) is 0 Å². The van der Waals surface area contributed by atoms with Gasteiger partial charge in [0.1, 0.15) is 0 Å². The van der Waals surface area contributed by atoms with E-state index in [9.17, 15) is 13.2 Å². The molecule has 0 fully saturated rings. The molecule has 0 aliphatic heterocycles. The van der Waals surface area contributed by atoms with E-state index in [2.05, 4.69) is 0 Å². The zero-order valence-electron chi connectivity index (χ0n) is 9.10. The van der Waals surface area contributed by atoms with Crippen molar-refractivity contribution in [1.29, 1.82) is 0 Å². The number of rotatable bonds is 4. The van der Waals surface area contributed by atoms with Crippen LogP contribution in [0.4, 0.5) is 13.2 Å². The zero-order chi connectivity index (χ0) is 13.1. The monoisotopic (exact) mass is 266 g/mol. The van der Waals surface area contributed by atoms with Gasteiger partial charge in [0.05, 0.1) is 5.56 Å². The van der Waals surface area contributed by atoms with Gasteiger partial charge in [-0.2, -0.15) is 13.2 Å². The van der Waals surface area contributed by atoms with E-state index in [1.165, 1.54) is 6.07 Å². The number of benzene rings is 1. The van der Waals surface area contributed by atoms with Gasteiger partial charge in [0.25, 0.3) is 0 Å². The molecule has 1 aromatic rings. The number of nitrogens with two attached hydrogens (primary N) is 2. The molecule has 0 amide bonds. The van der Waals surface area contributed by atoms with Crippen LogP contribution in [0.1, 0.15) is 30.0 Å². The molecule has 1 aromatic carbocycles. The second kappa shape index (κ2) is 5.71. The number of hydrogen-bond acceptors (Lipinski definition) is 2. The van der Waals surface area contributed by atoms with Crippen molar-refractivity contribution in [2.75, 3.05) is 6.54 Å². The van der Waals surface area contributed by atoms with Gasteiger partial charge in [0.2, 0.25) is 0 Å². The van der Waals surface area contributed by atoms with Gasteiger partial charge in [-0.05, 0) is 43.1 Å². The van der Waals surface area contributed by atoms with Crippen LogP contribution >= 0.6 is 11.6 Å². The molecule has 17 heavy (non-hydrogen) atoms. The molecule has 0 saturated carbocycles. The number of alkyl halides is 3. The van der Waals surface area contributed by atoms with Crippen molar-refractivity contribution in [3.05, 3.63) is 34.3 Å². The molecule has 96 valence electrons. The zero-order valence-corrected chi connectivity index (χ0v) is 9.85. The van der Waals surface area contributed by atoms with Crippen LogP contribution in [-0.4, -0.2) is 6.54 Å². The number of halogens is 4. The van der Waals surface area contributed by atoms with Crippen molar-refractivity contribution in [2.45, 2.75) is 25.1 Å². The highest BCUT2D eigenvalue weighted by Gasteiger charge is 2.31. The molecule has 0 heterocycles. The Bertz CT molecular complexity index is 379. The summed E-state index contributed by atoms with van der Waals surface area (Å²) in [5, 5.41) is 0.252. The molecule has 1 rings (SSSR count). The van der Waals surface area contributed by atoms with E-state index in [1.807, 2.05) is 0 Å². The van der Waals surface area contributed by atoms with Gasteiger partial charge in [-0.15, -0.1) is 0 Å². The Balaban J connectivity index is 2.98. The largest absolute Gasteiger partial charge is 0.416 e. The topological polar surface area (TPSA) is 52.0 Å². The average molecular weight is 267 g/mol. The molecule has 0 spiro atoms. The maximum atomic E-state index is 12.5. The average Bonchev–Trinajstić information content (AvgIpc) is 2.24. The molecular formula is C11H14ClF3N2. The first-order valence-electron chi connectivity index (χ1n) is 5.18. The predicted octanol–water partition coefficient (Wildman–Crippen LogP) is 3.10. The van der Waals surface area contributed by atoms with Gasteiger partial charge in [0.15, 0.2) is 0 Å². The first-order valence-corrected chi connectivity index (χ1v) is 5.56. The smallest absolute Gasteiger partial charge is 0.330 e. The van der Waals surface area contributed by atoms with E-state index in [0.29, 0.717) is 24.9 Å². The fourth-order valence-corrected chi connectivity index (χ4v) is 1.76. The molecule has 0 saturated heterocycles. The van der Waals surface area contributed by atoms with Gasteiger partial charge in [-0.3, -0.25) is 0 Å². The minimum absolute atomic E-state index is 0.252. The van der Waals surface area contributed by atoms with Crippen molar-refractivity contribution in [2.24, 2.45) is 11.5 Å². The summed E-state index contributed by atoms with van der Waals surface area (Å²) in [5.74, 6) is 0. The lowest BCUT2D eigenvalue weighted by Gasteiger charge is -2.15. The Morgan fingerprint density at radius 2 is 1.94 bits per heavy atom. The lowest BCUT2D eigenvalue weighted by Crippen LogP contribution is -2.14. The maximum absolute atomic E-state index is 12.5. The molecule has 0 aliphatic carbocycles. The van der Waals surface area contributed by atoms with Gasteiger partial charge in [-0.1, -0.05) is 11.6 Å². The first-order chi connectivity index (χ1) is 7.86.